The van der Waals surface area contributed by atoms with Gasteiger partial charge in [0.1, 0.15) is 0 Å². The minimum Gasteiger partial charge on any atom is -0.330 e. The highest BCUT2D eigenvalue weighted by molar-refractivity contribution is 4.82. The number of hydrogen-bond acceptors (Lipinski definition) is 5. The highest BCUT2D eigenvalue weighted by Crippen LogP contribution is 2.23. The van der Waals surface area contributed by atoms with E-state index in [4.69, 9.17) is 5.73 Å². The molecule has 0 saturated heterocycles. The molecule has 0 radical (unpaired) electrons. The molecule has 0 unspecified atom stereocenters. The van der Waals surface area contributed by atoms with E-state index in [1.165, 1.54) is 43.3 Å². The first-order valence-electron chi connectivity index (χ1n) is 7.46. The lowest BCUT2D eigenvalue weighted by Gasteiger charge is -2.29. The third kappa shape index (κ3) is 4.54. The van der Waals surface area contributed by atoms with Crippen molar-refractivity contribution in [3.8, 4) is 0 Å². The number of hydrogen-bond donors (Lipinski definition) is 1. The Morgan fingerprint density at radius 3 is 2.58 bits per heavy atom. The van der Waals surface area contributed by atoms with Crippen LogP contribution in [0.5, 0.6) is 0 Å². The van der Waals surface area contributed by atoms with Gasteiger partial charge in [-0.2, -0.15) is 4.80 Å². The van der Waals surface area contributed by atoms with Crippen molar-refractivity contribution in [3.05, 3.63) is 5.82 Å². The van der Waals surface area contributed by atoms with Gasteiger partial charge in [-0.25, -0.2) is 0 Å². The average Bonchev–Trinajstić information content (AvgIpc) is 2.67. The zero-order chi connectivity index (χ0) is 13.5. The molecule has 1 aliphatic carbocycles. The van der Waals surface area contributed by atoms with E-state index < -0.39 is 0 Å². The van der Waals surface area contributed by atoms with Crippen LogP contribution in [0.4, 0.5) is 0 Å². The van der Waals surface area contributed by atoms with Crippen LogP contribution < -0.4 is 5.73 Å². The van der Waals surface area contributed by atoms with Gasteiger partial charge in [0.05, 0.1) is 13.6 Å². The van der Waals surface area contributed by atoms with E-state index in [0.717, 1.165) is 31.9 Å². The van der Waals surface area contributed by atoms with Crippen LogP contribution in [-0.4, -0.2) is 44.2 Å². The largest absolute Gasteiger partial charge is 0.330 e. The summed E-state index contributed by atoms with van der Waals surface area (Å²) in [6.45, 7) is 2.59. The minimum absolute atomic E-state index is 0.665. The van der Waals surface area contributed by atoms with Gasteiger partial charge < -0.3 is 5.73 Å². The molecule has 2 N–H and O–H groups in total. The van der Waals surface area contributed by atoms with Crippen LogP contribution in [-0.2, 0) is 13.6 Å². The van der Waals surface area contributed by atoms with E-state index in [0.29, 0.717) is 6.04 Å². The summed E-state index contributed by atoms with van der Waals surface area (Å²) in [4.78, 5) is 4.04. The number of tetrazole rings is 1. The first-order chi connectivity index (χ1) is 9.29. The van der Waals surface area contributed by atoms with Crippen molar-refractivity contribution >= 4 is 0 Å². The second kappa shape index (κ2) is 7.55. The molecule has 1 heterocycles. The maximum absolute atomic E-state index is 5.66. The molecule has 6 heteroatoms. The zero-order valence-corrected chi connectivity index (χ0v) is 12.0. The number of nitrogens with two attached hydrogens (primary N) is 1. The van der Waals surface area contributed by atoms with Crippen molar-refractivity contribution in [1.29, 1.82) is 0 Å². The first-order valence-corrected chi connectivity index (χ1v) is 7.46. The summed E-state index contributed by atoms with van der Waals surface area (Å²) in [7, 11) is 1.81. The van der Waals surface area contributed by atoms with E-state index in [9.17, 15) is 0 Å². The number of nitrogens with zero attached hydrogens (tertiary/aromatic N) is 5. The lowest BCUT2D eigenvalue weighted by atomic mass is 10.1. The molecule has 0 spiro atoms. The molecule has 1 aromatic rings. The Balaban J connectivity index is 1.97. The third-order valence-corrected chi connectivity index (χ3v) is 3.88. The molecule has 108 valence electrons. The number of aryl methyl sites for hydroxylation is 1. The van der Waals surface area contributed by atoms with Crippen molar-refractivity contribution in [3.63, 3.8) is 0 Å². The van der Waals surface area contributed by atoms with Crippen LogP contribution in [0.2, 0.25) is 0 Å². The summed E-state index contributed by atoms with van der Waals surface area (Å²) in [5.41, 5.74) is 5.66. The molecule has 0 amide bonds. The van der Waals surface area contributed by atoms with Crippen molar-refractivity contribution in [2.24, 2.45) is 12.8 Å². The minimum atomic E-state index is 0.665. The fraction of sp³-hybridized carbons (Fsp3) is 0.923. The second-order valence-electron chi connectivity index (χ2n) is 5.45. The Bertz CT molecular complexity index is 356. The Labute approximate surface area is 115 Å². The third-order valence-electron chi connectivity index (χ3n) is 3.88. The van der Waals surface area contributed by atoms with Crippen LogP contribution in [0.25, 0.3) is 0 Å². The maximum Gasteiger partial charge on any atom is 0.188 e. The van der Waals surface area contributed by atoms with E-state index in [2.05, 4.69) is 20.3 Å². The first kappa shape index (κ1) is 14.4. The smallest absolute Gasteiger partial charge is 0.188 e. The van der Waals surface area contributed by atoms with Crippen molar-refractivity contribution < 1.29 is 0 Å². The maximum atomic E-state index is 5.66. The molecule has 19 heavy (non-hydrogen) atoms. The van der Waals surface area contributed by atoms with Gasteiger partial charge in [0, 0.05) is 12.6 Å². The molecular formula is C13H26N6. The summed E-state index contributed by atoms with van der Waals surface area (Å²) >= 11 is 0. The van der Waals surface area contributed by atoms with E-state index in [1.807, 2.05) is 7.05 Å². The van der Waals surface area contributed by atoms with Crippen LogP contribution in [0.1, 0.15) is 50.8 Å². The van der Waals surface area contributed by atoms with E-state index in [1.54, 1.807) is 0 Å². The Kier molecular flexibility index (Phi) is 5.72. The molecule has 6 nitrogen and oxygen atoms in total. The number of aromatic nitrogens is 4. The molecule has 0 aliphatic heterocycles. The van der Waals surface area contributed by atoms with Gasteiger partial charge in [-0.15, -0.1) is 10.2 Å². The highest BCUT2D eigenvalue weighted by Gasteiger charge is 2.21. The summed E-state index contributed by atoms with van der Waals surface area (Å²) in [6, 6.07) is 0.665. The van der Waals surface area contributed by atoms with Crippen LogP contribution >= 0.6 is 0 Å². The molecule has 0 atom stereocenters. The summed E-state index contributed by atoms with van der Waals surface area (Å²) in [6.07, 6.45) is 9.08. The lowest BCUT2D eigenvalue weighted by molar-refractivity contribution is 0.165. The quantitative estimate of drug-likeness (QED) is 0.780. The van der Waals surface area contributed by atoms with Crippen LogP contribution in [0.15, 0.2) is 0 Å². The Hall–Kier alpha value is -1.01. The van der Waals surface area contributed by atoms with Crippen molar-refractivity contribution in [1.82, 2.24) is 25.1 Å². The standard InChI is InChI=1S/C13H26N6/c1-18-16-13(15-17-18)11-19(10-6-9-14)12-7-4-2-3-5-8-12/h12H,2-11,14H2,1H3. The predicted molar refractivity (Wildman–Crippen MR) is 74.4 cm³/mol. The molecule has 1 aliphatic rings. The van der Waals surface area contributed by atoms with Gasteiger partial charge in [0.25, 0.3) is 0 Å². The SMILES string of the molecule is Cn1nnc(CN(CCCN)C2CCCCCC2)n1. The molecule has 0 aromatic carbocycles. The zero-order valence-electron chi connectivity index (χ0n) is 12.0. The lowest BCUT2D eigenvalue weighted by Crippen LogP contribution is -2.36. The van der Waals surface area contributed by atoms with Crippen molar-refractivity contribution in [2.45, 2.75) is 57.5 Å². The average molecular weight is 266 g/mol. The monoisotopic (exact) mass is 266 g/mol. The van der Waals surface area contributed by atoms with Crippen LogP contribution in [0, 0.1) is 0 Å². The van der Waals surface area contributed by atoms with Gasteiger partial charge in [-0.1, -0.05) is 25.7 Å². The predicted octanol–water partition coefficient (Wildman–Crippen LogP) is 1.08. The molecule has 1 fully saturated rings. The van der Waals surface area contributed by atoms with E-state index >= 15 is 0 Å². The van der Waals surface area contributed by atoms with Gasteiger partial charge in [0.15, 0.2) is 5.82 Å². The van der Waals surface area contributed by atoms with E-state index in [-0.39, 0.29) is 0 Å². The molecular weight excluding hydrogens is 240 g/mol. The van der Waals surface area contributed by atoms with Gasteiger partial charge in [-0.3, -0.25) is 4.90 Å². The molecule has 1 saturated carbocycles. The topological polar surface area (TPSA) is 72.9 Å². The summed E-state index contributed by atoms with van der Waals surface area (Å²) in [5.74, 6) is 0.823. The van der Waals surface area contributed by atoms with Crippen LogP contribution in [0.3, 0.4) is 0 Å². The Morgan fingerprint density at radius 1 is 1.26 bits per heavy atom. The van der Waals surface area contributed by atoms with Gasteiger partial charge in [-0.05, 0) is 31.0 Å². The molecule has 0 bridgehead atoms. The second-order valence-corrected chi connectivity index (χ2v) is 5.45. The number of rotatable bonds is 6. The fourth-order valence-corrected chi connectivity index (χ4v) is 2.88. The summed E-state index contributed by atoms with van der Waals surface area (Å²) < 4.78 is 0. The highest BCUT2D eigenvalue weighted by atomic mass is 15.6. The van der Waals surface area contributed by atoms with Gasteiger partial charge >= 0.3 is 0 Å². The van der Waals surface area contributed by atoms with Crippen molar-refractivity contribution in [2.75, 3.05) is 13.1 Å². The molecule has 2 rings (SSSR count). The fourth-order valence-electron chi connectivity index (χ4n) is 2.88. The molecule has 1 aromatic heterocycles. The van der Waals surface area contributed by atoms with Gasteiger partial charge in [0.2, 0.25) is 0 Å². The Morgan fingerprint density at radius 2 is 2.00 bits per heavy atom. The normalized spacial score (nSPS) is 17.8. The summed E-state index contributed by atoms with van der Waals surface area (Å²) in [5, 5.41) is 12.3.